The summed E-state index contributed by atoms with van der Waals surface area (Å²) in [4.78, 5) is 9.66. The van der Waals surface area contributed by atoms with E-state index < -0.39 is 4.92 Å². The molecule has 0 saturated heterocycles. The molecule has 0 aliphatic carbocycles. The van der Waals surface area contributed by atoms with Crippen molar-refractivity contribution in [2.75, 3.05) is 0 Å². The van der Waals surface area contributed by atoms with Gasteiger partial charge in [-0.1, -0.05) is 0 Å². The average molecular weight is 195 g/mol. The van der Waals surface area contributed by atoms with Crippen molar-refractivity contribution in [2.24, 2.45) is 0 Å². The maximum Gasteiger partial charge on any atom is 0.433 e. The summed E-state index contributed by atoms with van der Waals surface area (Å²) in [6, 6.07) is 2.64. The summed E-state index contributed by atoms with van der Waals surface area (Å²) >= 11 is 0. The van der Waals surface area contributed by atoms with Gasteiger partial charge >= 0.3 is 5.88 Å². The lowest BCUT2D eigenvalue weighted by atomic mass is 10.4. The SMILES string of the molecule is Cc1nnc(-c2ccc([N+](=O)[O-])o2)o1. The van der Waals surface area contributed by atoms with Crippen LogP contribution in [0.2, 0.25) is 0 Å². The van der Waals surface area contributed by atoms with Crippen molar-refractivity contribution >= 4 is 5.88 Å². The first-order valence-corrected chi connectivity index (χ1v) is 3.71. The molecule has 0 unspecified atom stereocenters. The van der Waals surface area contributed by atoms with Crippen LogP contribution in [0.4, 0.5) is 5.88 Å². The largest absolute Gasteiger partial charge is 0.433 e. The molecule has 0 aliphatic rings. The van der Waals surface area contributed by atoms with Gasteiger partial charge in [0.1, 0.15) is 4.92 Å². The van der Waals surface area contributed by atoms with E-state index in [1.54, 1.807) is 6.92 Å². The van der Waals surface area contributed by atoms with Crippen LogP contribution < -0.4 is 0 Å². The third kappa shape index (κ3) is 1.35. The first kappa shape index (κ1) is 8.42. The van der Waals surface area contributed by atoms with Crippen molar-refractivity contribution in [3.05, 3.63) is 28.1 Å². The summed E-state index contributed by atoms with van der Waals surface area (Å²) in [5, 5.41) is 17.5. The molecule has 2 aromatic heterocycles. The minimum Gasteiger partial charge on any atom is -0.418 e. The molecule has 0 amide bonds. The normalized spacial score (nSPS) is 10.4. The fourth-order valence-corrected chi connectivity index (χ4v) is 0.937. The Kier molecular flexibility index (Phi) is 1.77. The Morgan fingerprint density at radius 1 is 1.36 bits per heavy atom. The summed E-state index contributed by atoms with van der Waals surface area (Å²) in [5.41, 5.74) is 0. The zero-order valence-corrected chi connectivity index (χ0v) is 7.13. The number of hydrogen-bond acceptors (Lipinski definition) is 6. The van der Waals surface area contributed by atoms with Gasteiger partial charge in [0, 0.05) is 6.92 Å². The van der Waals surface area contributed by atoms with E-state index in [1.807, 2.05) is 0 Å². The lowest BCUT2D eigenvalue weighted by Gasteiger charge is -1.84. The molecular formula is C7H5N3O4. The first-order chi connectivity index (χ1) is 6.66. The van der Waals surface area contributed by atoms with Crippen molar-refractivity contribution in [2.45, 2.75) is 6.92 Å². The lowest BCUT2D eigenvalue weighted by molar-refractivity contribution is -0.401. The Balaban J connectivity index is 2.38. The van der Waals surface area contributed by atoms with Crippen molar-refractivity contribution in [3.8, 4) is 11.7 Å². The van der Waals surface area contributed by atoms with Crippen molar-refractivity contribution in [1.82, 2.24) is 10.2 Å². The summed E-state index contributed by atoms with van der Waals surface area (Å²) in [6.45, 7) is 1.62. The molecule has 2 aromatic rings. The highest BCUT2D eigenvalue weighted by Gasteiger charge is 2.16. The Bertz CT molecular complexity index is 473. The molecule has 7 nitrogen and oxygen atoms in total. The van der Waals surface area contributed by atoms with E-state index in [-0.39, 0.29) is 17.5 Å². The van der Waals surface area contributed by atoms with Gasteiger partial charge in [0.25, 0.3) is 5.89 Å². The predicted molar refractivity (Wildman–Crippen MR) is 43.4 cm³/mol. The molecule has 0 spiro atoms. The van der Waals surface area contributed by atoms with Crippen LogP contribution in [-0.2, 0) is 0 Å². The quantitative estimate of drug-likeness (QED) is 0.532. The minimum absolute atomic E-state index is 0.135. The van der Waals surface area contributed by atoms with Crippen LogP contribution in [-0.4, -0.2) is 15.1 Å². The van der Waals surface area contributed by atoms with Crippen molar-refractivity contribution in [3.63, 3.8) is 0 Å². The molecule has 2 rings (SSSR count). The highest BCUT2D eigenvalue weighted by molar-refractivity contribution is 5.45. The van der Waals surface area contributed by atoms with E-state index in [2.05, 4.69) is 10.2 Å². The number of hydrogen-bond donors (Lipinski definition) is 0. The van der Waals surface area contributed by atoms with Crippen molar-refractivity contribution in [1.29, 1.82) is 0 Å². The second kappa shape index (κ2) is 2.95. The zero-order chi connectivity index (χ0) is 10.1. The molecule has 0 radical (unpaired) electrons. The second-order valence-corrected chi connectivity index (χ2v) is 2.52. The number of nitro groups is 1. The Morgan fingerprint density at radius 2 is 2.14 bits per heavy atom. The van der Waals surface area contributed by atoms with Crippen LogP contribution in [0.3, 0.4) is 0 Å². The topological polar surface area (TPSA) is 95.2 Å². The smallest absolute Gasteiger partial charge is 0.418 e. The van der Waals surface area contributed by atoms with Crippen LogP contribution in [0.15, 0.2) is 21.0 Å². The van der Waals surface area contributed by atoms with E-state index in [4.69, 9.17) is 8.83 Å². The average Bonchev–Trinajstić information content (AvgIpc) is 2.70. The van der Waals surface area contributed by atoms with Crippen LogP contribution in [0.5, 0.6) is 0 Å². The summed E-state index contributed by atoms with van der Waals surface area (Å²) in [6.07, 6.45) is 0. The predicted octanol–water partition coefficient (Wildman–Crippen LogP) is 1.55. The monoisotopic (exact) mass is 195 g/mol. The number of nitrogens with zero attached hydrogens (tertiary/aromatic N) is 3. The lowest BCUT2D eigenvalue weighted by Crippen LogP contribution is -1.82. The summed E-state index contributed by atoms with van der Waals surface area (Å²) in [7, 11) is 0. The summed E-state index contributed by atoms with van der Waals surface area (Å²) in [5.74, 6) is 0.350. The highest BCUT2D eigenvalue weighted by Crippen LogP contribution is 2.24. The van der Waals surface area contributed by atoms with Gasteiger partial charge in [-0.2, -0.15) is 0 Å². The molecule has 0 N–H and O–H groups in total. The first-order valence-electron chi connectivity index (χ1n) is 3.71. The van der Waals surface area contributed by atoms with E-state index >= 15 is 0 Å². The highest BCUT2D eigenvalue weighted by atomic mass is 16.6. The summed E-state index contributed by atoms with van der Waals surface area (Å²) < 4.78 is 9.87. The fourth-order valence-electron chi connectivity index (χ4n) is 0.937. The molecule has 0 bridgehead atoms. The molecule has 14 heavy (non-hydrogen) atoms. The Morgan fingerprint density at radius 3 is 2.64 bits per heavy atom. The van der Waals surface area contributed by atoms with Crippen LogP contribution in [0, 0.1) is 17.0 Å². The van der Waals surface area contributed by atoms with Gasteiger partial charge in [-0.3, -0.25) is 10.1 Å². The molecule has 0 aromatic carbocycles. The van der Waals surface area contributed by atoms with Gasteiger partial charge < -0.3 is 8.83 Å². The molecule has 72 valence electrons. The molecule has 0 atom stereocenters. The van der Waals surface area contributed by atoms with Crippen LogP contribution in [0.1, 0.15) is 5.89 Å². The zero-order valence-electron chi connectivity index (χ0n) is 7.13. The molecular weight excluding hydrogens is 190 g/mol. The van der Waals surface area contributed by atoms with Gasteiger partial charge in [0.05, 0.1) is 6.07 Å². The fraction of sp³-hybridized carbons (Fsp3) is 0.143. The van der Waals surface area contributed by atoms with Crippen LogP contribution >= 0.6 is 0 Å². The van der Waals surface area contributed by atoms with E-state index in [0.29, 0.717) is 5.89 Å². The second-order valence-electron chi connectivity index (χ2n) is 2.52. The minimum atomic E-state index is -0.632. The molecule has 0 aliphatic heterocycles. The van der Waals surface area contributed by atoms with Gasteiger partial charge in [0.2, 0.25) is 5.89 Å². The Labute approximate surface area is 77.5 Å². The van der Waals surface area contributed by atoms with E-state index in [1.165, 1.54) is 12.1 Å². The third-order valence-corrected chi connectivity index (χ3v) is 1.51. The van der Waals surface area contributed by atoms with Gasteiger partial charge in [-0.05, 0) is 6.07 Å². The van der Waals surface area contributed by atoms with Gasteiger partial charge in [-0.25, -0.2) is 0 Å². The number of furan rings is 1. The van der Waals surface area contributed by atoms with Crippen LogP contribution in [0.25, 0.3) is 11.7 Å². The third-order valence-electron chi connectivity index (χ3n) is 1.51. The number of aromatic nitrogens is 2. The van der Waals surface area contributed by atoms with E-state index in [9.17, 15) is 10.1 Å². The molecule has 0 fully saturated rings. The number of rotatable bonds is 2. The number of aryl methyl sites for hydroxylation is 1. The molecule has 2 heterocycles. The van der Waals surface area contributed by atoms with Crippen molar-refractivity contribution < 1.29 is 13.8 Å². The van der Waals surface area contributed by atoms with E-state index in [0.717, 1.165) is 0 Å². The Hall–Kier alpha value is -2.18. The maximum absolute atomic E-state index is 10.3. The molecule has 7 heteroatoms. The standard InChI is InChI=1S/C7H5N3O4/c1-4-8-9-7(13-4)5-2-3-6(14-5)10(11)12/h2-3H,1H3. The maximum atomic E-state index is 10.3. The van der Waals surface area contributed by atoms with Gasteiger partial charge in [-0.15, -0.1) is 10.2 Å². The molecule has 0 saturated carbocycles. The van der Waals surface area contributed by atoms with Gasteiger partial charge in [0.15, 0.2) is 5.76 Å².